The molecule has 2 fully saturated rings. The molecule has 1 saturated heterocycles. The van der Waals surface area contributed by atoms with Crippen molar-refractivity contribution in [2.24, 2.45) is 17.6 Å². The molecule has 0 aromatic carbocycles. The van der Waals surface area contributed by atoms with Gasteiger partial charge in [-0.15, -0.1) is 0 Å². The van der Waals surface area contributed by atoms with E-state index in [4.69, 9.17) is 5.73 Å². The molecule has 1 aliphatic heterocycles. The van der Waals surface area contributed by atoms with Gasteiger partial charge in [0.25, 0.3) is 0 Å². The van der Waals surface area contributed by atoms with Crippen LogP contribution in [0.2, 0.25) is 0 Å². The molecule has 0 aromatic rings. The highest BCUT2D eigenvalue weighted by atomic mass is 15.1. The van der Waals surface area contributed by atoms with Crippen LogP contribution in [-0.2, 0) is 0 Å². The predicted octanol–water partition coefficient (Wildman–Crippen LogP) is 1.07. The first-order valence-electron chi connectivity index (χ1n) is 5.21. The third-order valence-electron chi connectivity index (χ3n) is 3.47. The van der Waals surface area contributed by atoms with Crippen LogP contribution < -0.4 is 5.73 Å². The van der Waals surface area contributed by atoms with Gasteiger partial charge < -0.3 is 10.6 Å². The van der Waals surface area contributed by atoms with Gasteiger partial charge in [-0.25, -0.2) is 0 Å². The molecule has 0 bridgehead atoms. The highest BCUT2D eigenvalue weighted by Gasteiger charge is 2.34. The molecule has 2 N–H and O–H groups in total. The molecule has 1 unspecified atom stereocenters. The molecule has 1 saturated carbocycles. The molecule has 2 rings (SSSR count). The number of nitrogens with zero attached hydrogens (tertiary/aromatic N) is 1. The fourth-order valence-electron chi connectivity index (χ4n) is 2.28. The van der Waals surface area contributed by atoms with E-state index in [0.29, 0.717) is 6.04 Å². The maximum absolute atomic E-state index is 6.18. The molecule has 2 aliphatic rings. The van der Waals surface area contributed by atoms with Crippen LogP contribution in [0.4, 0.5) is 0 Å². The highest BCUT2D eigenvalue weighted by molar-refractivity contribution is 4.90. The van der Waals surface area contributed by atoms with E-state index in [2.05, 4.69) is 11.9 Å². The summed E-state index contributed by atoms with van der Waals surface area (Å²) in [6.07, 6.45) is 5.45. The summed E-state index contributed by atoms with van der Waals surface area (Å²) in [7, 11) is 2.21. The van der Waals surface area contributed by atoms with Gasteiger partial charge in [0.1, 0.15) is 0 Å². The number of piperidine rings is 1. The molecule has 2 heteroatoms. The fraction of sp³-hybridized carbons (Fsp3) is 1.00. The van der Waals surface area contributed by atoms with Crippen molar-refractivity contribution in [2.75, 3.05) is 20.1 Å². The van der Waals surface area contributed by atoms with Crippen LogP contribution in [0.15, 0.2) is 0 Å². The minimum absolute atomic E-state index is 0.527. The van der Waals surface area contributed by atoms with Crippen LogP contribution in [0.25, 0.3) is 0 Å². The first-order valence-corrected chi connectivity index (χ1v) is 5.21. The molecule has 2 nitrogen and oxygen atoms in total. The van der Waals surface area contributed by atoms with Crippen molar-refractivity contribution in [1.82, 2.24) is 4.90 Å². The van der Waals surface area contributed by atoms with E-state index in [1.807, 2.05) is 0 Å². The van der Waals surface area contributed by atoms with Crippen molar-refractivity contribution < 1.29 is 0 Å². The quantitative estimate of drug-likeness (QED) is 0.668. The van der Waals surface area contributed by atoms with E-state index < -0.39 is 0 Å². The van der Waals surface area contributed by atoms with Crippen molar-refractivity contribution in [3.63, 3.8) is 0 Å². The zero-order valence-corrected chi connectivity index (χ0v) is 8.00. The third-order valence-corrected chi connectivity index (χ3v) is 3.47. The van der Waals surface area contributed by atoms with E-state index in [1.165, 1.54) is 38.8 Å². The normalized spacial score (nSPS) is 30.5. The summed E-state index contributed by atoms with van der Waals surface area (Å²) >= 11 is 0. The molecule has 70 valence electrons. The van der Waals surface area contributed by atoms with Crippen LogP contribution >= 0.6 is 0 Å². The first kappa shape index (κ1) is 8.52. The maximum Gasteiger partial charge on any atom is 0.00965 e. The largest absolute Gasteiger partial charge is 0.327 e. The lowest BCUT2D eigenvalue weighted by Gasteiger charge is -2.32. The van der Waals surface area contributed by atoms with Crippen LogP contribution in [0, 0.1) is 11.8 Å². The van der Waals surface area contributed by atoms with Gasteiger partial charge in [0.05, 0.1) is 0 Å². The molecule has 1 atom stereocenters. The standard InChI is InChI=1S/C10H20N2/c1-12-6-4-9(5-7-12)10(11)8-2-3-8/h8-10H,2-7,11H2,1H3. The number of nitrogens with two attached hydrogens (primary N) is 1. The van der Waals surface area contributed by atoms with Gasteiger partial charge in [-0.3, -0.25) is 0 Å². The monoisotopic (exact) mass is 168 g/mol. The summed E-state index contributed by atoms with van der Waals surface area (Å²) in [6, 6.07) is 0.527. The van der Waals surface area contributed by atoms with Crippen LogP contribution in [0.5, 0.6) is 0 Å². The number of hydrogen-bond donors (Lipinski definition) is 1. The lowest BCUT2D eigenvalue weighted by molar-refractivity contribution is 0.191. The first-order chi connectivity index (χ1) is 5.77. The predicted molar refractivity (Wildman–Crippen MR) is 50.9 cm³/mol. The number of likely N-dealkylation sites (tertiary alicyclic amines) is 1. The van der Waals surface area contributed by atoms with E-state index in [1.54, 1.807) is 0 Å². The average Bonchev–Trinajstić information content (AvgIpc) is 2.87. The lowest BCUT2D eigenvalue weighted by atomic mass is 9.87. The third kappa shape index (κ3) is 1.80. The van der Waals surface area contributed by atoms with Crippen molar-refractivity contribution >= 4 is 0 Å². The topological polar surface area (TPSA) is 29.3 Å². The minimum Gasteiger partial charge on any atom is -0.327 e. The van der Waals surface area contributed by atoms with Gasteiger partial charge in [0.15, 0.2) is 0 Å². The van der Waals surface area contributed by atoms with Crippen molar-refractivity contribution in [3.8, 4) is 0 Å². The number of hydrogen-bond acceptors (Lipinski definition) is 2. The maximum atomic E-state index is 6.18. The van der Waals surface area contributed by atoms with Crippen molar-refractivity contribution in [1.29, 1.82) is 0 Å². The Hall–Kier alpha value is -0.0800. The molecule has 0 amide bonds. The lowest BCUT2D eigenvalue weighted by Crippen LogP contribution is -2.40. The molecule has 0 aromatic heterocycles. The summed E-state index contributed by atoms with van der Waals surface area (Å²) in [5.41, 5.74) is 6.18. The fourth-order valence-corrected chi connectivity index (χ4v) is 2.28. The summed E-state index contributed by atoms with van der Waals surface area (Å²) in [5, 5.41) is 0. The molecular formula is C10H20N2. The Labute approximate surface area is 75.1 Å². The second-order valence-electron chi connectivity index (χ2n) is 4.56. The second kappa shape index (κ2) is 3.35. The van der Waals surface area contributed by atoms with Crippen LogP contribution in [0.3, 0.4) is 0 Å². The summed E-state index contributed by atoms with van der Waals surface area (Å²) in [4.78, 5) is 2.41. The summed E-state index contributed by atoms with van der Waals surface area (Å²) in [5.74, 6) is 1.71. The molecular weight excluding hydrogens is 148 g/mol. The average molecular weight is 168 g/mol. The Morgan fingerprint density at radius 3 is 2.08 bits per heavy atom. The molecule has 1 heterocycles. The number of rotatable bonds is 2. The van der Waals surface area contributed by atoms with E-state index in [9.17, 15) is 0 Å². The Morgan fingerprint density at radius 2 is 1.58 bits per heavy atom. The van der Waals surface area contributed by atoms with E-state index in [0.717, 1.165) is 11.8 Å². The molecule has 0 spiro atoms. The van der Waals surface area contributed by atoms with E-state index >= 15 is 0 Å². The Balaban J connectivity index is 1.80. The van der Waals surface area contributed by atoms with Crippen molar-refractivity contribution in [2.45, 2.75) is 31.7 Å². The van der Waals surface area contributed by atoms with Crippen molar-refractivity contribution in [3.05, 3.63) is 0 Å². The van der Waals surface area contributed by atoms with Gasteiger partial charge in [0.2, 0.25) is 0 Å². The molecule has 12 heavy (non-hydrogen) atoms. The van der Waals surface area contributed by atoms with Gasteiger partial charge in [-0.1, -0.05) is 0 Å². The minimum atomic E-state index is 0.527. The van der Waals surface area contributed by atoms with Gasteiger partial charge >= 0.3 is 0 Å². The Morgan fingerprint density at radius 1 is 1.08 bits per heavy atom. The second-order valence-corrected chi connectivity index (χ2v) is 4.56. The molecule has 1 aliphatic carbocycles. The zero-order chi connectivity index (χ0) is 8.55. The molecule has 0 radical (unpaired) electrons. The highest BCUT2D eigenvalue weighted by Crippen LogP contribution is 2.37. The zero-order valence-electron chi connectivity index (χ0n) is 8.00. The van der Waals surface area contributed by atoms with Gasteiger partial charge in [-0.2, -0.15) is 0 Å². The SMILES string of the molecule is CN1CCC(C(N)C2CC2)CC1. The van der Waals surface area contributed by atoms with Gasteiger partial charge in [0, 0.05) is 6.04 Å². The van der Waals surface area contributed by atoms with E-state index in [-0.39, 0.29) is 0 Å². The Kier molecular flexibility index (Phi) is 2.37. The van der Waals surface area contributed by atoms with Crippen LogP contribution in [0.1, 0.15) is 25.7 Å². The van der Waals surface area contributed by atoms with Crippen LogP contribution in [-0.4, -0.2) is 31.1 Å². The van der Waals surface area contributed by atoms with Gasteiger partial charge in [-0.05, 0) is 57.7 Å². The summed E-state index contributed by atoms with van der Waals surface area (Å²) in [6.45, 7) is 2.51. The smallest absolute Gasteiger partial charge is 0.00965 e. The summed E-state index contributed by atoms with van der Waals surface area (Å²) < 4.78 is 0. The Bertz CT molecular complexity index is 146.